The molecule has 12 heavy (non-hydrogen) atoms. The van der Waals surface area contributed by atoms with Crippen LogP contribution < -0.4 is 5.73 Å². The first-order valence-electron chi connectivity index (χ1n) is 2.98. The highest BCUT2D eigenvalue weighted by atomic mass is 28.1. The highest BCUT2D eigenvalue weighted by molar-refractivity contribution is 5.75. The van der Waals surface area contributed by atoms with Gasteiger partial charge in [-0.25, -0.2) is 4.79 Å². The molecule has 0 aromatic heterocycles. The van der Waals surface area contributed by atoms with Gasteiger partial charge in [0, 0.05) is 0 Å². The van der Waals surface area contributed by atoms with E-state index in [4.69, 9.17) is 0 Å². The summed E-state index contributed by atoms with van der Waals surface area (Å²) in [5.74, 6) is 0. The summed E-state index contributed by atoms with van der Waals surface area (Å²) in [7, 11) is 0. The average Bonchev–Trinajstić information content (AvgIpc) is 1.90. The molecule has 0 rings (SSSR count). The van der Waals surface area contributed by atoms with Crippen molar-refractivity contribution in [1.82, 2.24) is 0 Å². The third-order valence-corrected chi connectivity index (χ3v) is 0.479. The molecule has 72 valence electrons. The maximum Gasteiger partial charge on any atom is 0.404 e. The molecule has 0 aliphatic rings. The van der Waals surface area contributed by atoms with Crippen molar-refractivity contribution in [2.24, 2.45) is 5.73 Å². The Balaban J connectivity index is -0.000000126. The van der Waals surface area contributed by atoms with Crippen LogP contribution in [-0.2, 0) is 9.47 Å². The van der Waals surface area contributed by atoms with Crippen LogP contribution in [0.2, 0.25) is 0 Å². The molecule has 5 heteroatoms. The molecule has 0 radical (unpaired) electrons. The Morgan fingerprint density at radius 2 is 1.92 bits per heavy atom. The summed E-state index contributed by atoms with van der Waals surface area (Å²) in [6, 6.07) is 0. The fourth-order valence-corrected chi connectivity index (χ4v) is 0.210. The van der Waals surface area contributed by atoms with E-state index in [9.17, 15) is 4.79 Å². The third kappa shape index (κ3) is 37.3. The molecule has 0 saturated heterocycles. The molecule has 0 heterocycles. The van der Waals surface area contributed by atoms with Gasteiger partial charge in [0.25, 0.3) is 0 Å². The van der Waals surface area contributed by atoms with E-state index in [0.717, 1.165) is 0 Å². The molecular formula is C7H17NO3Si. The lowest BCUT2D eigenvalue weighted by atomic mass is 10.9. The van der Waals surface area contributed by atoms with E-state index in [1.54, 1.807) is 6.92 Å². The number of carbonyl (C=O) groups excluding carboxylic acids is 1. The minimum Gasteiger partial charge on any atom is -0.474 e. The van der Waals surface area contributed by atoms with Gasteiger partial charge in [0.2, 0.25) is 0 Å². The number of amides is 1. The highest BCUT2D eigenvalue weighted by Crippen LogP contribution is 1.66. The molecule has 0 aromatic rings. The Hall–Kier alpha value is -1.23. The second-order valence-electron chi connectivity index (χ2n) is 1.22. The number of hydrogen-bond donors (Lipinski definition) is 1. The van der Waals surface area contributed by atoms with E-state index in [0.29, 0.717) is 6.61 Å². The van der Waals surface area contributed by atoms with Crippen molar-refractivity contribution >= 4 is 17.1 Å². The number of carbonyl (C=O) groups is 1. The van der Waals surface area contributed by atoms with E-state index < -0.39 is 6.09 Å². The molecule has 0 fully saturated rings. The predicted octanol–water partition coefficient (Wildman–Crippen LogP) is -0.0600. The zero-order chi connectivity index (χ0) is 9.11. The smallest absolute Gasteiger partial charge is 0.404 e. The Morgan fingerprint density at radius 3 is 1.92 bits per heavy atom. The molecule has 0 aromatic carbocycles. The summed E-state index contributed by atoms with van der Waals surface area (Å²) in [6.07, 6.45) is 1.91. The molecule has 0 saturated carbocycles. The zero-order valence-corrected chi connectivity index (χ0v) is 6.58. The minimum absolute atomic E-state index is 0. The number of primary amides is 1. The van der Waals surface area contributed by atoms with Crippen LogP contribution in [-0.4, -0.2) is 23.7 Å². The second kappa shape index (κ2) is 16.4. The van der Waals surface area contributed by atoms with Crippen molar-refractivity contribution in [2.75, 3.05) is 6.61 Å². The van der Waals surface area contributed by atoms with Crippen LogP contribution >= 0.6 is 0 Å². The van der Waals surface area contributed by atoms with Gasteiger partial charge in [-0.05, 0) is 17.9 Å². The van der Waals surface area contributed by atoms with Gasteiger partial charge in [0.05, 0.1) is 19.1 Å². The number of hydrogen-bond acceptors (Lipinski definition) is 3. The van der Waals surface area contributed by atoms with Gasteiger partial charge in [-0.3, -0.25) is 0 Å². The Bertz CT molecular complexity index is 122. The molecule has 2 N–H and O–H groups in total. The van der Waals surface area contributed by atoms with Crippen LogP contribution in [0.1, 0.15) is 6.92 Å². The fraction of sp³-hybridized carbons (Fsp3) is 0.286. The summed E-state index contributed by atoms with van der Waals surface area (Å²) in [4.78, 5) is 9.60. The molecule has 0 spiro atoms. The van der Waals surface area contributed by atoms with Crippen molar-refractivity contribution in [3.63, 3.8) is 0 Å². The van der Waals surface area contributed by atoms with Crippen molar-refractivity contribution < 1.29 is 14.3 Å². The quantitative estimate of drug-likeness (QED) is 0.502. The Kier molecular flexibility index (Phi) is 23.3. The SMILES string of the molecule is C=COC=C.CCOC(N)=O.[SiH4]. The molecule has 0 unspecified atom stereocenters. The normalized spacial score (nSPS) is 6.08. The average molecular weight is 191 g/mol. The lowest BCUT2D eigenvalue weighted by Crippen LogP contribution is -2.11. The molecule has 0 bridgehead atoms. The number of rotatable bonds is 3. The first kappa shape index (κ1) is 17.0. The summed E-state index contributed by atoms with van der Waals surface area (Å²) < 4.78 is 8.54. The topological polar surface area (TPSA) is 61.6 Å². The maximum atomic E-state index is 9.60. The van der Waals surface area contributed by atoms with Crippen LogP contribution in [0.25, 0.3) is 0 Å². The second-order valence-corrected chi connectivity index (χ2v) is 1.22. The van der Waals surface area contributed by atoms with E-state index in [2.05, 4.69) is 28.4 Å². The van der Waals surface area contributed by atoms with Gasteiger partial charge in [0.15, 0.2) is 0 Å². The van der Waals surface area contributed by atoms with Gasteiger partial charge < -0.3 is 15.2 Å². The fourth-order valence-electron chi connectivity index (χ4n) is 0.210. The summed E-state index contributed by atoms with van der Waals surface area (Å²) >= 11 is 0. The molecule has 0 atom stereocenters. The van der Waals surface area contributed by atoms with Gasteiger partial charge >= 0.3 is 6.09 Å². The summed E-state index contributed by atoms with van der Waals surface area (Å²) in [5.41, 5.74) is 4.54. The number of nitrogens with two attached hydrogens (primary N) is 1. The first-order chi connectivity index (χ1) is 5.18. The standard InChI is InChI=1S/C4H6O.C3H7NO2.H4Si/c1-3-5-4-2;1-2-6-3(4)5;/h3-4H,1-2H2;2H2,1H3,(H2,4,5);1H4. The molecule has 0 aliphatic carbocycles. The molecule has 0 aliphatic heterocycles. The van der Waals surface area contributed by atoms with E-state index in [-0.39, 0.29) is 11.0 Å². The van der Waals surface area contributed by atoms with Gasteiger partial charge in [-0.15, -0.1) is 0 Å². The van der Waals surface area contributed by atoms with Crippen molar-refractivity contribution in [1.29, 1.82) is 0 Å². The lowest BCUT2D eigenvalue weighted by molar-refractivity contribution is 0.163. The Morgan fingerprint density at radius 1 is 1.50 bits per heavy atom. The van der Waals surface area contributed by atoms with Gasteiger partial charge in [-0.1, -0.05) is 13.2 Å². The van der Waals surface area contributed by atoms with E-state index in [1.807, 2.05) is 0 Å². The summed E-state index contributed by atoms with van der Waals surface area (Å²) in [5, 5.41) is 0. The van der Waals surface area contributed by atoms with Crippen LogP contribution in [0.4, 0.5) is 4.79 Å². The van der Waals surface area contributed by atoms with E-state index >= 15 is 0 Å². The number of ether oxygens (including phenoxy) is 2. The predicted molar refractivity (Wildman–Crippen MR) is 54.0 cm³/mol. The van der Waals surface area contributed by atoms with Crippen molar-refractivity contribution in [3.8, 4) is 0 Å². The lowest BCUT2D eigenvalue weighted by Gasteiger charge is -1.89. The van der Waals surface area contributed by atoms with Crippen LogP contribution in [0, 0.1) is 0 Å². The molecule has 1 amide bonds. The Labute approximate surface area is 77.1 Å². The monoisotopic (exact) mass is 191 g/mol. The first-order valence-corrected chi connectivity index (χ1v) is 2.98. The van der Waals surface area contributed by atoms with Crippen molar-refractivity contribution in [3.05, 3.63) is 25.7 Å². The van der Waals surface area contributed by atoms with E-state index in [1.165, 1.54) is 12.5 Å². The third-order valence-electron chi connectivity index (χ3n) is 0.479. The highest BCUT2D eigenvalue weighted by Gasteiger charge is 1.82. The van der Waals surface area contributed by atoms with Gasteiger partial charge in [-0.2, -0.15) is 0 Å². The van der Waals surface area contributed by atoms with Crippen LogP contribution in [0.15, 0.2) is 25.7 Å². The maximum absolute atomic E-state index is 9.60. The largest absolute Gasteiger partial charge is 0.474 e. The van der Waals surface area contributed by atoms with Crippen LogP contribution in [0.3, 0.4) is 0 Å². The van der Waals surface area contributed by atoms with Crippen LogP contribution in [0.5, 0.6) is 0 Å². The van der Waals surface area contributed by atoms with Gasteiger partial charge in [0.1, 0.15) is 0 Å². The van der Waals surface area contributed by atoms with Crippen molar-refractivity contribution in [2.45, 2.75) is 6.92 Å². The zero-order valence-electron chi connectivity index (χ0n) is 6.58. The summed E-state index contributed by atoms with van der Waals surface area (Å²) in [6.45, 7) is 8.57. The molecular weight excluding hydrogens is 174 g/mol. The minimum atomic E-state index is -0.711. The molecule has 4 nitrogen and oxygen atoms in total.